The van der Waals surface area contributed by atoms with Crippen molar-refractivity contribution in [3.8, 4) is 0 Å². The predicted octanol–water partition coefficient (Wildman–Crippen LogP) is 2.35. The van der Waals surface area contributed by atoms with Crippen LogP contribution in [0.4, 0.5) is 0 Å². The van der Waals surface area contributed by atoms with Gasteiger partial charge in [-0.1, -0.05) is 27.7 Å². The van der Waals surface area contributed by atoms with E-state index in [9.17, 15) is 0 Å². The van der Waals surface area contributed by atoms with Gasteiger partial charge in [-0.2, -0.15) is 0 Å². The molecule has 0 aliphatic carbocycles. The Morgan fingerprint density at radius 2 is 2.44 bits per heavy atom. The minimum absolute atomic E-state index is 0.407. The first-order valence-corrected chi connectivity index (χ1v) is 7.89. The molecule has 0 saturated carbocycles. The summed E-state index contributed by atoms with van der Waals surface area (Å²) in [6.45, 7) is 2.87. The van der Waals surface area contributed by atoms with Crippen LogP contribution in [0.3, 0.4) is 0 Å². The Morgan fingerprint density at radius 1 is 1.56 bits per heavy atom. The fraction of sp³-hybridized carbons (Fsp3) is 0.909. The minimum atomic E-state index is 0.407. The van der Waals surface area contributed by atoms with Gasteiger partial charge in [-0.25, -0.2) is 0 Å². The van der Waals surface area contributed by atoms with Crippen LogP contribution in [0.25, 0.3) is 0 Å². The van der Waals surface area contributed by atoms with Gasteiger partial charge in [0.25, 0.3) is 0 Å². The monoisotopic (exact) mass is 306 g/mol. The SMILES string of the molecule is CN(CC1CCCCO1)C1=NCC(CBr)S1. The number of amidine groups is 1. The second-order valence-corrected chi connectivity index (χ2v) is 6.30. The molecule has 2 heterocycles. The number of hydrogen-bond acceptors (Lipinski definition) is 4. The molecule has 0 aromatic rings. The molecule has 0 spiro atoms. The van der Waals surface area contributed by atoms with Crippen LogP contribution in [0.2, 0.25) is 0 Å². The van der Waals surface area contributed by atoms with Gasteiger partial charge in [0.1, 0.15) is 0 Å². The van der Waals surface area contributed by atoms with E-state index in [1.807, 2.05) is 11.8 Å². The standard InChI is InChI=1S/C11H19BrN2OS/c1-14(8-9-4-2-3-5-15-9)11-13-7-10(6-12)16-11/h9-10H,2-8H2,1H3. The van der Waals surface area contributed by atoms with Gasteiger partial charge in [0, 0.05) is 30.8 Å². The molecule has 0 amide bonds. The van der Waals surface area contributed by atoms with E-state index in [0.717, 1.165) is 25.0 Å². The van der Waals surface area contributed by atoms with Crippen LogP contribution in [-0.4, -0.2) is 53.5 Å². The number of thioether (sulfide) groups is 1. The normalized spacial score (nSPS) is 30.2. The lowest BCUT2D eigenvalue weighted by Crippen LogP contribution is -2.35. The second kappa shape index (κ2) is 6.26. The van der Waals surface area contributed by atoms with Crippen LogP contribution in [-0.2, 0) is 4.74 Å². The van der Waals surface area contributed by atoms with Gasteiger partial charge in [0.15, 0.2) is 5.17 Å². The molecule has 1 fully saturated rings. The number of aliphatic imine (C=N–C) groups is 1. The van der Waals surface area contributed by atoms with Crippen LogP contribution in [0.5, 0.6) is 0 Å². The van der Waals surface area contributed by atoms with Crippen molar-refractivity contribution in [3.05, 3.63) is 0 Å². The summed E-state index contributed by atoms with van der Waals surface area (Å²) < 4.78 is 5.75. The Morgan fingerprint density at radius 3 is 3.06 bits per heavy atom. The molecular weight excluding hydrogens is 288 g/mol. The molecule has 2 rings (SSSR count). The largest absolute Gasteiger partial charge is 0.376 e. The maximum absolute atomic E-state index is 5.75. The third-order valence-electron chi connectivity index (χ3n) is 2.95. The average Bonchev–Trinajstić information content (AvgIpc) is 2.79. The summed E-state index contributed by atoms with van der Waals surface area (Å²) >= 11 is 5.39. The Kier molecular flexibility index (Phi) is 4.97. The number of likely N-dealkylation sites (N-methyl/N-ethyl adjacent to an activating group) is 1. The van der Waals surface area contributed by atoms with Crippen molar-refractivity contribution in [3.63, 3.8) is 0 Å². The van der Waals surface area contributed by atoms with Gasteiger partial charge in [-0.3, -0.25) is 4.99 Å². The zero-order chi connectivity index (χ0) is 11.4. The van der Waals surface area contributed by atoms with E-state index in [2.05, 4.69) is 32.9 Å². The van der Waals surface area contributed by atoms with E-state index in [1.165, 1.54) is 24.4 Å². The molecule has 5 heteroatoms. The van der Waals surface area contributed by atoms with E-state index >= 15 is 0 Å². The van der Waals surface area contributed by atoms with Crippen molar-refractivity contribution in [2.75, 3.05) is 32.1 Å². The molecule has 16 heavy (non-hydrogen) atoms. The lowest BCUT2D eigenvalue weighted by molar-refractivity contribution is 0.00750. The number of halogens is 1. The lowest BCUT2D eigenvalue weighted by atomic mass is 10.1. The third kappa shape index (κ3) is 3.37. The van der Waals surface area contributed by atoms with Crippen molar-refractivity contribution in [2.45, 2.75) is 30.6 Å². The minimum Gasteiger partial charge on any atom is -0.376 e. The van der Waals surface area contributed by atoms with Gasteiger partial charge < -0.3 is 9.64 Å². The number of ether oxygens (including phenoxy) is 1. The van der Waals surface area contributed by atoms with Crippen LogP contribution >= 0.6 is 27.7 Å². The lowest BCUT2D eigenvalue weighted by Gasteiger charge is -2.28. The van der Waals surface area contributed by atoms with Crippen LogP contribution < -0.4 is 0 Å². The molecular formula is C11H19BrN2OS. The fourth-order valence-corrected chi connectivity index (χ4v) is 3.54. The van der Waals surface area contributed by atoms with Crippen molar-refractivity contribution in [1.29, 1.82) is 0 Å². The molecule has 0 aromatic carbocycles. The summed E-state index contributed by atoms with van der Waals surface area (Å²) in [4.78, 5) is 6.83. The van der Waals surface area contributed by atoms with Gasteiger partial charge >= 0.3 is 0 Å². The first kappa shape index (κ1) is 12.7. The first-order chi connectivity index (χ1) is 7.79. The smallest absolute Gasteiger partial charge is 0.159 e. The predicted molar refractivity (Wildman–Crippen MR) is 73.7 cm³/mol. The van der Waals surface area contributed by atoms with Gasteiger partial charge in [-0.15, -0.1) is 0 Å². The fourth-order valence-electron chi connectivity index (χ4n) is 2.03. The Labute approximate surface area is 110 Å². The summed E-state index contributed by atoms with van der Waals surface area (Å²) in [7, 11) is 2.13. The van der Waals surface area contributed by atoms with Crippen molar-refractivity contribution in [1.82, 2.24) is 4.90 Å². The highest BCUT2D eigenvalue weighted by Gasteiger charge is 2.23. The van der Waals surface area contributed by atoms with E-state index in [1.54, 1.807) is 0 Å². The van der Waals surface area contributed by atoms with Crippen LogP contribution in [0, 0.1) is 0 Å². The molecule has 0 N–H and O–H groups in total. The van der Waals surface area contributed by atoms with Gasteiger partial charge in [-0.05, 0) is 19.3 Å². The Bertz CT molecular complexity index is 256. The highest BCUT2D eigenvalue weighted by molar-refractivity contribution is 9.09. The van der Waals surface area contributed by atoms with Crippen LogP contribution in [0.15, 0.2) is 4.99 Å². The average molecular weight is 307 g/mol. The zero-order valence-corrected chi connectivity index (χ0v) is 12.1. The molecule has 0 radical (unpaired) electrons. The van der Waals surface area contributed by atoms with E-state index in [-0.39, 0.29) is 0 Å². The summed E-state index contributed by atoms with van der Waals surface area (Å²) in [5.74, 6) is 0. The summed E-state index contributed by atoms with van der Waals surface area (Å²) in [5.41, 5.74) is 0. The maximum Gasteiger partial charge on any atom is 0.159 e. The molecule has 2 aliphatic heterocycles. The molecule has 2 atom stereocenters. The van der Waals surface area contributed by atoms with Crippen molar-refractivity contribution >= 4 is 32.9 Å². The number of hydrogen-bond donors (Lipinski definition) is 0. The second-order valence-electron chi connectivity index (χ2n) is 4.39. The molecule has 1 saturated heterocycles. The van der Waals surface area contributed by atoms with Crippen molar-refractivity contribution < 1.29 is 4.74 Å². The number of alkyl halides is 1. The summed E-state index contributed by atoms with van der Waals surface area (Å²) in [6.07, 6.45) is 4.14. The highest BCUT2D eigenvalue weighted by Crippen LogP contribution is 2.25. The quantitative estimate of drug-likeness (QED) is 0.748. The molecule has 3 nitrogen and oxygen atoms in total. The van der Waals surface area contributed by atoms with Gasteiger partial charge in [0.2, 0.25) is 0 Å². The Balaban J connectivity index is 1.77. The van der Waals surface area contributed by atoms with Gasteiger partial charge in [0.05, 0.1) is 12.6 Å². The van der Waals surface area contributed by atoms with E-state index < -0.39 is 0 Å². The Hall–Kier alpha value is 0.260. The molecule has 0 bridgehead atoms. The molecule has 92 valence electrons. The third-order valence-corrected chi connectivity index (χ3v) is 5.46. The van der Waals surface area contributed by atoms with E-state index in [0.29, 0.717) is 11.4 Å². The zero-order valence-electron chi connectivity index (χ0n) is 9.69. The first-order valence-electron chi connectivity index (χ1n) is 5.89. The number of nitrogens with zero attached hydrogens (tertiary/aromatic N) is 2. The maximum atomic E-state index is 5.75. The van der Waals surface area contributed by atoms with Crippen LogP contribution in [0.1, 0.15) is 19.3 Å². The molecule has 0 aromatic heterocycles. The molecule has 2 aliphatic rings. The van der Waals surface area contributed by atoms with Crippen molar-refractivity contribution in [2.24, 2.45) is 4.99 Å². The molecule has 2 unspecified atom stereocenters. The summed E-state index contributed by atoms with van der Waals surface area (Å²) in [6, 6.07) is 0. The van der Waals surface area contributed by atoms with E-state index in [4.69, 9.17) is 4.74 Å². The topological polar surface area (TPSA) is 24.8 Å². The number of rotatable bonds is 3. The summed E-state index contributed by atoms with van der Waals surface area (Å²) in [5, 5.41) is 2.82. The highest BCUT2D eigenvalue weighted by atomic mass is 79.9.